The molecule has 0 atom stereocenters. The van der Waals surface area contributed by atoms with Crippen LogP contribution in [0.25, 0.3) is 33.0 Å². The summed E-state index contributed by atoms with van der Waals surface area (Å²) in [6.07, 6.45) is 25.8. The number of hydrogen-bond donors (Lipinski definition) is 3. The number of H-pyrrole nitrogens is 2. The molecule has 0 fully saturated rings. The molecule has 0 saturated carbocycles. The monoisotopic (exact) mass is 1810 g/mol. The van der Waals surface area contributed by atoms with Crippen LogP contribution in [0.5, 0.6) is 17.2 Å². The summed E-state index contributed by atoms with van der Waals surface area (Å²) in [6.45, 7) is 82.3. The first kappa shape index (κ1) is 140. The highest BCUT2D eigenvalue weighted by molar-refractivity contribution is 7.99. The van der Waals surface area contributed by atoms with E-state index in [0.29, 0.717) is 6.79 Å². The minimum atomic E-state index is 0.360. The molecule has 13 heteroatoms. The van der Waals surface area contributed by atoms with Gasteiger partial charge in [0.05, 0.1) is 35.7 Å². The molecule has 0 amide bonds. The van der Waals surface area contributed by atoms with Crippen LogP contribution in [0.15, 0.2) is 259 Å². The third-order valence-corrected chi connectivity index (χ3v) is 17.0. The molecule has 9 heterocycles. The second-order valence-corrected chi connectivity index (χ2v) is 23.0. The van der Waals surface area contributed by atoms with Crippen LogP contribution in [-0.4, -0.2) is 60.8 Å². The Hall–Kier alpha value is -9.98. The first-order valence-electron chi connectivity index (χ1n) is 51.2. The fourth-order valence-corrected chi connectivity index (χ4v) is 12.2. The molecule has 7 aliphatic rings. The lowest BCUT2D eigenvalue weighted by atomic mass is 10.1. The number of fused-ring (bicyclic) bond motifs is 10. The average Bonchev–Trinajstić information content (AvgIpc) is 1.84. The number of aromatic amines is 2. The molecule has 0 saturated heterocycles. The minimum Gasteiger partial charge on any atom is -0.493 e. The number of pyridine rings is 2. The summed E-state index contributed by atoms with van der Waals surface area (Å²) in [6, 6.07) is 71.6. The van der Waals surface area contributed by atoms with Crippen LogP contribution in [0.4, 0.5) is 5.69 Å². The Morgan fingerprint density at radius 1 is 0.300 bits per heavy atom. The predicted octanol–water partition coefficient (Wildman–Crippen LogP) is 37.8. The van der Waals surface area contributed by atoms with Crippen LogP contribution in [0.3, 0.4) is 0 Å². The minimum absolute atomic E-state index is 0.360. The van der Waals surface area contributed by atoms with E-state index >= 15 is 0 Å². The molecule has 0 radical (unpaired) electrons. The number of rotatable bonds is 0. The highest BCUT2D eigenvalue weighted by atomic mass is 32.2. The number of hydrogen-bond acceptors (Lipinski definition) is 11. The van der Waals surface area contributed by atoms with E-state index in [2.05, 4.69) is 131 Å². The Morgan fingerprint density at radius 3 is 1.24 bits per heavy atom. The number of thioether (sulfide) groups is 1. The van der Waals surface area contributed by atoms with Gasteiger partial charge < -0.3 is 28.9 Å². The number of ether oxygens (including phenoxy) is 3. The molecule has 0 spiro atoms. The van der Waals surface area contributed by atoms with Crippen LogP contribution < -0.4 is 19.5 Å². The van der Waals surface area contributed by atoms with Crippen LogP contribution >= 0.6 is 11.8 Å². The zero-order valence-corrected chi connectivity index (χ0v) is 91.6. The lowest BCUT2D eigenvalue weighted by molar-refractivity contribution is 0.174. The Kier molecular flexibility index (Phi) is 124. The van der Waals surface area contributed by atoms with E-state index in [1.54, 1.807) is 17.5 Å². The zero-order chi connectivity index (χ0) is 101. The fourth-order valence-electron chi connectivity index (χ4n) is 11.2. The number of aryl methyl sites for hydroxylation is 7. The lowest BCUT2D eigenvalue weighted by Crippen LogP contribution is -1.92. The number of para-hydroxylation sites is 9. The van der Waals surface area contributed by atoms with Crippen molar-refractivity contribution in [2.75, 3.05) is 31.0 Å². The summed E-state index contributed by atoms with van der Waals surface area (Å²) in [5, 5.41) is 11.2. The molecular formula is C117H196N8O4S. The van der Waals surface area contributed by atoms with Gasteiger partial charge >= 0.3 is 0 Å². The normalized spacial score (nSPS) is 10.3. The van der Waals surface area contributed by atoms with Crippen molar-refractivity contribution < 1.29 is 18.6 Å². The highest BCUT2D eigenvalue weighted by Crippen LogP contribution is 2.32. The van der Waals surface area contributed by atoms with E-state index < -0.39 is 0 Å². The summed E-state index contributed by atoms with van der Waals surface area (Å²) in [5.74, 6) is 4.03. The Bertz CT molecular complexity index is 3390. The summed E-state index contributed by atoms with van der Waals surface area (Å²) in [4.78, 5) is 20.8. The van der Waals surface area contributed by atoms with Crippen molar-refractivity contribution in [3.63, 3.8) is 0 Å². The quantitative estimate of drug-likeness (QED) is 0.133. The molecule has 13 aromatic rings. The number of benzene rings is 8. The van der Waals surface area contributed by atoms with Gasteiger partial charge in [-0.1, -0.05) is 416 Å². The Balaban J connectivity index is -0.000000147. The van der Waals surface area contributed by atoms with E-state index in [1.165, 1.54) is 132 Å². The van der Waals surface area contributed by atoms with Gasteiger partial charge in [-0.3, -0.25) is 15.1 Å². The molecule has 0 bridgehead atoms. The van der Waals surface area contributed by atoms with Crippen molar-refractivity contribution in [2.24, 2.45) is 0 Å². The molecule has 3 aliphatic carbocycles. The first-order chi connectivity index (χ1) is 64.7. The second-order valence-electron chi connectivity index (χ2n) is 21.9. The van der Waals surface area contributed by atoms with E-state index in [4.69, 9.17) is 18.6 Å². The van der Waals surface area contributed by atoms with Crippen molar-refractivity contribution >= 4 is 50.5 Å². The molecule has 734 valence electrons. The highest BCUT2D eigenvalue weighted by Gasteiger charge is 2.13. The van der Waals surface area contributed by atoms with E-state index in [0.717, 1.165) is 69.9 Å². The van der Waals surface area contributed by atoms with Gasteiger partial charge in [-0.15, -0.1) is 11.8 Å². The van der Waals surface area contributed by atoms with E-state index in [-0.39, 0.29) is 0 Å². The number of imidazole rings is 1. The molecule has 3 N–H and O–H groups in total. The maximum absolute atomic E-state index is 5.30. The smallest absolute Gasteiger partial charge is 0.231 e. The molecule has 130 heavy (non-hydrogen) atoms. The fraction of sp³-hybridized carbons (Fsp3) is 0.479. The molecule has 12 nitrogen and oxygen atoms in total. The zero-order valence-electron chi connectivity index (χ0n) is 90.8. The van der Waals surface area contributed by atoms with Crippen molar-refractivity contribution in [3.05, 3.63) is 300 Å². The van der Waals surface area contributed by atoms with E-state index in [1.807, 2.05) is 435 Å². The number of nitrogens with one attached hydrogen (secondary N) is 3. The SMILES string of the molecule is CC.CC.CC.CC.CC.CC.CC.CC.CC.CC.CC.CC.CC.CC.CC.CC.CC.CC.CC.CC.c1cc2c(cn1)CCC2.c1ccc2[nH]cnc2c1.c1ccc2[nH]ncc2c1.c1ccc2c(c1)CCC2.c1ccc2c(c1)CCN2.c1ccc2c(c1)CCO2.c1ccc2c(c1)CCS2.c1ccc2c(c1)OCO2.c1ccc2ocnc2c1.c1cnc2c(c1)CCC2. The topological polar surface area (TPSA) is 149 Å². The molecule has 8 aromatic carbocycles. The van der Waals surface area contributed by atoms with Crippen molar-refractivity contribution in [3.8, 4) is 17.2 Å². The van der Waals surface area contributed by atoms with Gasteiger partial charge in [0.25, 0.3) is 0 Å². The van der Waals surface area contributed by atoms with Crippen LogP contribution in [0.2, 0.25) is 0 Å². The van der Waals surface area contributed by atoms with Crippen LogP contribution in [0, 0.1) is 0 Å². The average molecular weight is 1810 g/mol. The van der Waals surface area contributed by atoms with Crippen molar-refractivity contribution in [2.45, 2.75) is 359 Å². The second kappa shape index (κ2) is 115. The summed E-state index contributed by atoms with van der Waals surface area (Å²) in [7, 11) is 0. The maximum atomic E-state index is 5.30. The van der Waals surface area contributed by atoms with Crippen LogP contribution in [0.1, 0.15) is 346 Å². The number of nitrogens with zero attached hydrogens (tertiary/aromatic N) is 5. The van der Waals surface area contributed by atoms with Gasteiger partial charge in [-0.2, -0.15) is 5.10 Å². The molecule has 5 aromatic heterocycles. The molecular weight excluding hydrogens is 1610 g/mol. The van der Waals surface area contributed by atoms with Gasteiger partial charge in [-0.05, 0) is 188 Å². The van der Waals surface area contributed by atoms with Gasteiger partial charge in [-0.25, -0.2) is 9.97 Å². The number of anilines is 1. The van der Waals surface area contributed by atoms with Crippen molar-refractivity contribution in [1.29, 1.82) is 0 Å². The van der Waals surface area contributed by atoms with Crippen LogP contribution in [-0.2, 0) is 57.8 Å². The number of oxazole rings is 1. The number of aromatic nitrogens is 7. The van der Waals surface area contributed by atoms with Gasteiger partial charge in [0.1, 0.15) is 11.3 Å². The van der Waals surface area contributed by atoms with Gasteiger partial charge in [0, 0.05) is 59.0 Å². The lowest BCUT2D eigenvalue weighted by Gasteiger charge is -1.94. The summed E-state index contributed by atoms with van der Waals surface area (Å²) in [5.41, 5.74) is 19.5. The third kappa shape index (κ3) is 63.1. The molecule has 0 unspecified atom stereocenters. The van der Waals surface area contributed by atoms with Crippen molar-refractivity contribution in [1.82, 2.24) is 35.1 Å². The maximum Gasteiger partial charge on any atom is 0.231 e. The third-order valence-electron chi connectivity index (χ3n) is 15.9. The summed E-state index contributed by atoms with van der Waals surface area (Å²) >= 11 is 1.97. The van der Waals surface area contributed by atoms with Gasteiger partial charge in [0.15, 0.2) is 23.5 Å². The predicted molar refractivity (Wildman–Crippen MR) is 592 cm³/mol. The summed E-state index contributed by atoms with van der Waals surface area (Å²) < 4.78 is 20.5. The largest absolute Gasteiger partial charge is 0.493 e. The van der Waals surface area contributed by atoms with E-state index in [9.17, 15) is 0 Å². The molecule has 20 rings (SSSR count). The first-order valence-corrected chi connectivity index (χ1v) is 52.2. The standard InChI is InChI=1S/C9H10.3C8H9N.C8H8O.C8H8S.2C7H6N2.C7H5NO.C7H6O2.20C2H6/c1-2-5-9-7-3-6-8(9)4-1;1-3-7-4-2-6-9-8(7)5-1;1-2-7-4-5-9-6-8(7)3-1;3*1-2-4-8-7(3-1)5-6-9-8;1-2-4-7-6(3-1)8-5-9-7;1-2-4-7-6(3-1)5-8-9-7;2*1-2-4-7-6(3-1)8-5-9-7;20*1-2/h1-2,4-5H,3,6-7H2;2,4,6H,1,3,5H2;4-6H,1-3H2;1-4,9H,5-6H2;2*1-4H,5-6H2;2*1-5H,(H,8,9);1-5H;1-4H,5H2;20*1-2H3. The molecule has 4 aliphatic heterocycles. The van der Waals surface area contributed by atoms with Gasteiger partial charge in [0.2, 0.25) is 6.79 Å². The Morgan fingerprint density at radius 2 is 0.731 bits per heavy atom. The Labute approximate surface area is 806 Å².